The van der Waals surface area contributed by atoms with E-state index in [9.17, 15) is 0 Å². The van der Waals surface area contributed by atoms with Crippen molar-refractivity contribution in [2.45, 2.75) is 20.3 Å². The summed E-state index contributed by atoms with van der Waals surface area (Å²) in [5, 5.41) is 0. The van der Waals surface area contributed by atoms with E-state index in [1.807, 2.05) is 13.0 Å². The Morgan fingerprint density at radius 2 is 2.15 bits per heavy atom. The Morgan fingerprint density at radius 3 is 2.62 bits per heavy atom. The second-order valence-corrected chi connectivity index (χ2v) is 2.44. The molecule has 0 aromatic heterocycles. The zero-order chi connectivity index (χ0) is 9.23. The van der Waals surface area contributed by atoms with Gasteiger partial charge in [-0.3, -0.25) is 0 Å². The van der Waals surface area contributed by atoms with Gasteiger partial charge in [0.1, 0.15) is 0 Å². The summed E-state index contributed by atoms with van der Waals surface area (Å²) in [6.45, 7) is 10.4. The molecule has 0 heterocycles. The first kappa shape index (κ1) is 16.3. The van der Waals surface area contributed by atoms with Crippen LogP contribution in [0.25, 0.3) is 0 Å². The van der Waals surface area contributed by atoms with E-state index in [0.717, 1.165) is 6.42 Å². The molecule has 0 aromatic rings. The summed E-state index contributed by atoms with van der Waals surface area (Å²) in [5.41, 5.74) is 1.21. The van der Waals surface area contributed by atoms with Gasteiger partial charge < -0.3 is 11.3 Å². The van der Waals surface area contributed by atoms with E-state index >= 15 is 0 Å². The van der Waals surface area contributed by atoms with Gasteiger partial charge in [0, 0.05) is 6.61 Å². The fourth-order valence-corrected chi connectivity index (χ4v) is 0.896. The number of hydrogen-bond donors (Lipinski definition) is 0. The fraction of sp³-hybridized carbons (Fsp3) is 0.455. The molecule has 0 aromatic carbocycles. The minimum atomic E-state index is 0. The molecule has 13 heavy (non-hydrogen) atoms. The standard InChI is InChI=1S/C11H17O.K/c1-4-7-11(8-5-2)10-12-9-6-3;/h3-4,6-8H,5,9-10H2,1-2H3;/q-1;+1/b7-4-,11-8+;. The van der Waals surface area contributed by atoms with E-state index in [1.165, 1.54) is 11.6 Å². The Hall–Kier alpha value is 0.816. The minimum absolute atomic E-state index is 0. The molecular weight excluding hydrogens is 187 g/mol. The second kappa shape index (κ2) is 12.8. The summed E-state index contributed by atoms with van der Waals surface area (Å²) in [4.78, 5) is 0. The van der Waals surface area contributed by atoms with Crippen molar-refractivity contribution in [2.75, 3.05) is 13.2 Å². The smallest absolute Gasteiger partial charge is 0.516 e. The number of rotatable bonds is 6. The van der Waals surface area contributed by atoms with Crippen LogP contribution >= 0.6 is 0 Å². The van der Waals surface area contributed by atoms with Crippen LogP contribution in [-0.2, 0) is 4.74 Å². The molecule has 0 saturated heterocycles. The molecule has 0 spiro atoms. The van der Waals surface area contributed by atoms with Crippen molar-refractivity contribution >= 4 is 0 Å². The van der Waals surface area contributed by atoms with Gasteiger partial charge >= 0.3 is 51.4 Å². The van der Waals surface area contributed by atoms with Crippen LogP contribution < -0.4 is 51.4 Å². The molecule has 0 unspecified atom stereocenters. The quantitative estimate of drug-likeness (QED) is 0.254. The van der Waals surface area contributed by atoms with Crippen molar-refractivity contribution in [1.82, 2.24) is 0 Å². The van der Waals surface area contributed by atoms with Gasteiger partial charge in [-0.05, 0) is 18.9 Å². The fourth-order valence-electron chi connectivity index (χ4n) is 0.896. The summed E-state index contributed by atoms with van der Waals surface area (Å²) in [6, 6.07) is 0. The van der Waals surface area contributed by atoms with Crippen LogP contribution in [0.3, 0.4) is 0 Å². The van der Waals surface area contributed by atoms with Crippen LogP contribution in [0.4, 0.5) is 0 Å². The Labute approximate surface area is 124 Å². The molecule has 0 fully saturated rings. The average molecular weight is 204 g/mol. The van der Waals surface area contributed by atoms with E-state index in [4.69, 9.17) is 11.3 Å². The molecule has 0 radical (unpaired) electrons. The van der Waals surface area contributed by atoms with Crippen LogP contribution in [0.2, 0.25) is 0 Å². The molecule has 68 valence electrons. The number of allylic oxidation sites excluding steroid dienone is 2. The molecule has 0 atom stereocenters. The second-order valence-electron chi connectivity index (χ2n) is 2.44. The van der Waals surface area contributed by atoms with E-state index in [2.05, 4.69) is 19.1 Å². The maximum Gasteiger partial charge on any atom is 1.00 e. The molecule has 0 rings (SSSR count). The molecule has 1 nitrogen and oxygen atoms in total. The molecule has 0 aliphatic carbocycles. The van der Waals surface area contributed by atoms with E-state index in [-0.39, 0.29) is 51.4 Å². The van der Waals surface area contributed by atoms with Gasteiger partial charge in [-0.25, -0.2) is 6.08 Å². The average Bonchev–Trinajstić information content (AvgIpc) is 2.06. The predicted octanol–water partition coefficient (Wildman–Crippen LogP) is -0.0913. The summed E-state index contributed by atoms with van der Waals surface area (Å²) >= 11 is 0. The third-order valence-corrected chi connectivity index (χ3v) is 1.33. The Bertz CT molecular complexity index is 171. The van der Waals surface area contributed by atoms with Crippen molar-refractivity contribution in [3.63, 3.8) is 0 Å². The van der Waals surface area contributed by atoms with Gasteiger partial charge in [0.25, 0.3) is 0 Å². The minimum Gasteiger partial charge on any atom is -0.516 e. The third-order valence-electron chi connectivity index (χ3n) is 1.33. The van der Waals surface area contributed by atoms with E-state index < -0.39 is 0 Å². The first-order valence-corrected chi connectivity index (χ1v) is 4.28. The summed E-state index contributed by atoms with van der Waals surface area (Å²) in [5.74, 6) is 0. The zero-order valence-corrected chi connectivity index (χ0v) is 12.0. The molecule has 0 bridgehead atoms. The first-order chi connectivity index (χ1) is 5.85. The van der Waals surface area contributed by atoms with Crippen molar-refractivity contribution in [1.29, 1.82) is 0 Å². The van der Waals surface area contributed by atoms with Crippen molar-refractivity contribution < 1.29 is 56.1 Å². The van der Waals surface area contributed by atoms with E-state index in [0.29, 0.717) is 13.2 Å². The van der Waals surface area contributed by atoms with Gasteiger partial charge in [-0.15, -0.1) is 0 Å². The van der Waals surface area contributed by atoms with E-state index in [1.54, 1.807) is 0 Å². The number of ether oxygens (including phenoxy) is 1. The van der Waals surface area contributed by atoms with Crippen molar-refractivity contribution in [3.05, 3.63) is 36.5 Å². The SMILES string of the molecule is [CH-]=CCOCC(/C=C\C)=C/CC.[K+]. The first-order valence-electron chi connectivity index (χ1n) is 4.28. The van der Waals surface area contributed by atoms with Crippen molar-refractivity contribution in [3.8, 4) is 0 Å². The molecule has 0 aliphatic heterocycles. The monoisotopic (exact) mass is 204 g/mol. The summed E-state index contributed by atoms with van der Waals surface area (Å²) in [7, 11) is 0. The molecule has 0 N–H and O–H groups in total. The maximum absolute atomic E-state index is 5.25. The summed E-state index contributed by atoms with van der Waals surface area (Å²) in [6.07, 6.45) is 8.77. The third kappa shape index (κ3) is 10.7. The van der Waals surface area contributed by atoms with Gasteiger partial charge in [0.05, 0.1) is 6.61 Å². The molecular formula is C11H17KO. The van der Waals surface area contributed by atoms with Gasteiger partial charge in [0.2, 0.25) is 0 Å². The van der Waals surface area contributed by atoms with Crippen LogP contribution in [0.15, 0.2) is 29.9 Å². The van der Waals surface area contributed by atoms with Crippen LogP contribution in [-0.4, -0.2) is 13.2 Å². The Kier molecular flexibility index (Phi) is 16.0. The molecule has 0 aliphatic rings. The van der Waals surface area contributed by atoms with Crippen LogP contribution in [0, 0.1) is 6.58 Å². The largest absolute Gasteiger partial charge is 1.00 e. The van der Waals surface area contributed by atoms with Crippen LogP contribution in [0.5, 0.6) is 0 Å². The van der Waals surface area contributed by atoms with Crippen LogP contribution in [0.1, 0.15) is 20.3 Å². The predicted molar refractivity (Wildman–Crippen MR) is 52.9 cm³/mol. The van der Waals surface area contributed by atoms with Crippen molar-refractivity contribution in [2.24, 2.45) is 0 Å². The Balaban J connectivity index is 0. The Morgan fingerprint density at radius 1 is 1.46 bits per heavy atom. The van der Waals surface area contributed by atoms with Gasteiger partial charge in [-0.2, -0.15) is 0 Å². The topological polar surface area (TPSA) is 9.23 Å². The molecule has 0 saturated carbocycles. The normalized spacial score (nSPS) is 11.4. The van der Waals surface area contributed by atoms with Gasteiger partial charge in [-0.1, -0.05) is 25.2 Å². The molecule has 0 amide bonds. The van der Waals surface area contributed by atoms with Gasteiger partial charge in [0.15, 0.2) is 0 Å². The molecule has 2 heteroatoms. The summed E-state index contributed by atoms with van der Waals surface area (Å²) < 4.78 is 5.25. The zero-order valence-electron chi connectivity index (χ0n) is 8.92. The maximum atomic E-state index is 5.25. The number of hydrogen-bond acceptors (Lipinski definition) is 1.